The van der Waals surface area contributed by atoms with Crippen molar-refractivity contribution in [3.8, 4) is 11.5 Å². The maximum absolute atomic E-state index is 5.75. The van der Waals surface area contributed by atoms with Gasteiger partial charge in [-0.2, -0.15) is 0 Å². The van der Waals surface area contributed by atoms with Crippen LogP contribution in [0.3, 0.4) is 0 Å². The summed E-state index contributed by atoms with van der Waals surface area (Å²) in [4.78, 5) is 2.69. The standard InChI is InChI=1S/C16H21N3O2S/c1-11-4-6-14(7-5-11)15-17-19(16(22)21-15)10-18-8-12(2)20-13(3)9-18/h4-7,12-13H,8-10H2,1-3H3. The Morgan fingerprint density at radius 3 is 2.45 bits per heavy atom. The zero-order valence-electron chi connectivity index (χ0n) is 13.2. The quantitative estimate of drug-likeness (QED) is 0.813. The molecule has 0 radical (unpaired) electrons. The lowest BCUT2D eigenvalue weighted by Crippen LogP contribution is -2.46. The third-order valence-corrected chi connectivity index (χ3v) is 4.03. The summed E-state index contributed by atoms with van der Waals surface area (Å²) in [6.45, 7) is 8.60. The predicted octanol–water partition coefficient (Wildman–Crippen LogP) is 3.25. The third-order valence-electron chi connectivity index (χ3n) is 3.73. The Labute approximate surface area is 135 Å². The predicted molar refractivity (Wildman–Crippen MR) is 87.1 cm³/mol. The molecule has 0 saturated carbocycles. The van der Waals surface area contributed by atoms with Crippen molar-refractivity contribution >= 4 is 12.2 Å². The lowest BCUT2D eigenvalue weighted by molar-refractivity contribution is -0.0778. The zero-order valence-corrected chi connectivity index (χ0v) is 14.0. The molecule has 0 spiro atoms. The van der Waals surface area contributed by atoms with Gasteiger partial charge in [0.2, 0.25) is 5.89 Å². The average Bonchev–Trinajstić information content (AvgIpc) is 2.80. The zero-order chi connectivity index (χ0) is 15.7. The van der Waals surface area contributed by atoms with Crippen molar-refractivity contribution in [3.05, 3.63) is 34.7 Å². The van der Waals surface area contributed by atoms with Crippen LogP contribution in [-0.4, -0.2) is 40.0 Å². The van der Waals surface area contributed by atoms with Gasteiger partial charge in [-0.1, -0.05) is 17.7 Å². The molecule has 2 unspecified atom stereocenters. The van der Waals surface area contributed by atoms with Crippen molar-refractivity contribution < 1.29 is 9.15 Å². The number of morpholine rings is 1. The fourth-order valence-corrected chi connectivity index (χ4v) is 2.98. The van der Waals surface area contributed by atoms with Crippen molar-refractivity contribution in [1.29, 1.82) is 0 Å². The molecule has 0 bridgehead atoms. The molecule has 1 aliphatic rings. The molecule has 1 aromatic heterocycles. The summed E-state index contributed by atoms with van der Waals surface area (Å²) < 4.78 is 13.1. The number of benzene rings is 1. The Hall–Kier alpha value is -1.50. The van der Waals surface area contributed by atoms with Crippen LogP contribution >= 0.6 is 12.2 Å². The van der Waals surface area contributed by atoms with Crippen LogP contribution in [0.5, 0.6) is 0 Å². The van der Waals surface area contributed by atoms with Crippen LogP contribution in [0.15, 0.2) is 28.7 Å². The van der Waals surface area contributed by atoms with E-state index in [0.29, 0.717) is 17.4 Å². The molecule has 118 valence electrons. The summed E-state index contributed by atoms with van der Waals surface area (Å²) in [5.41, 5.74) is 2.15. The van der Waals surface area contributed by atoms with E-state index in [0.717, 1.165) is 18.7 Å². The molecule has 2 atom stereocenters. The molecule has 1 aromatic carbocycles. The molecule has 6 heteroatoms. The van der Waals surface area contributed by atoms with Gasteiger partial charge < -0.3 is 9.15 Å². The van der Waals surface area contributed by atoms with E-state index < -0.39 is 0 Å². The van der Waals surface area contributed by atoms with Gasteiger partial charge in [-0.05, 0) is 45.1 Å². The van der Waals surface area contributed by atoms with Gasteiger partial charge in [-0.3, -0.25) is 4.90 Å². The first-order valence-electron chi connectivity index (χ1n) is 7.54. The van der Waals surface area contributed by atoms with Crippen LogP contribution in [0.4, 0.5) is 0 Å². The molecule has 5 nitrogen and oxygen atoms in total. The van der Waals surface area contributed by atoms with E-state index in [2.05, 4.69) is 30.8 Å². The van der Waals surface area contributed by atoms with Crippen molar-refractivity contribution in [3.63, 3.8) is 0 Å². The fourth-order valence-electron chi connectivity index (χ4n) is 2.80. The number of aryl methyl sites for hydroxylation is 1. The Morgan fingerprint density at radius 2 is 1.82 bits per heavy atom. The maximum Gasteiger partial charge on any atom is 0.288 e. The summed E-state index contributed by atoms with van der Waals surface area (Å²) in [6, 6.07) is 8.08. The first-order chi connectivity index (χ1) is 10.5. The van der Waals surface area contributed by atoms with Gasteiger partial charge in [0, 0.05) is 18.7 Å². The number of nitrogens with zero attached hydrogens (tertiary/aromatic N) is 3. The minimum absolute atomic E-state index is 0.224. The fraction of sp³-hybridized carbons (Fsp3) is 0.500. The maximum atomic E-state index is 5.75. The molecular formula is C16H21N3O2S. The topological polar surface area (TPSA) is 43.4 Å². The number of rotatable bonds is 3. The molecule has 0 amide bonds. The lowest BCUT2D eigenvalue weighted by atomic mass is 10.1. The summed E-state index contributed by atoms with van der Waals surface area (Å²) in [5, 5.41) is 4.52. The first-order valence-corrected chi connectivity index (χ1v) is 7.95. The largest absolute Gasteiger partial charge is 0.409 e. The van der Waals surface area contributed by atoms with Gasteiger partial charge in [-0.15, -0.1) is 5.10 Å². The van der Waals surface area contributed by atoms with Crippen LogP contribution in [0, 0.1) is 11.8 Å². The summed E-state index contributed by atoms with van der Waals surface area (Å²) in [5.74, 6) is 0.569. The van der Waals surface area contributed by atoms with E-state index in [1.165, 1.54) is 5.56 Å². The van der Waals surface area contributed by atoms with Gasteiger partial charge in [0.25, 0.3) is 4.84 Å². The van der Waals surface area contributed by atoms with Crippen LogP contribution in [0.2, 0.25) is 0 Å². The lowest BCUT2D eigenvalue weighted by Gasteiger charge is -2.34. The second-order valence-electron chi connectivity index (χ2n) is 5.97. The van der Waals surface area contributed by atoms with Crippen LogP contribution in [0.25, 0.3) is 11.5 Å². The van der Waals surface area contributed by atoms with Gasteiger partial charge >= 0.3 is 0 Å². The summed E-state index contributed by atoms with van der Waals surface area (Å²) in [7, 11) is 0. The number of hydrogen-bond acceptors (Lipinski definition) is 5. The Bertz CT molecular complexity index is 682. The van der Waals surface area contributed by atoms with Gasteiger partial charge in [0.15, 0.2) is 0 Å². The average molecular weight is 319 g/mol. The van der Waals surface area contributed by atoms with E-state index in [1.54, 1.807) is 4.68 Å². The molecule has 0 aliphatic carbocycles. The molecular weight excluding hydrogens is 298 g/mol. The van der Waals surface area contributed by atoms with E-state index in [-0.39, 0.29) is 12.2 Å². The van der Waals surface area contributed by atoms with E-state index >= 15 is 0 Å². The molecule has 1 saturated heterocycles. The number of ether oxygens (including phenoxy) is 1. The second-order valence-corrected chi connectivity index (χ2v) is 6.32. The summed E-state index contributed by atoms with van der Waals surface area (Å²) in [6.07, 6.45) is 0.447. The molecule has 2 aromatic rings. The van der Waals surface area contributed by atoms with Crippen molar-refractivity contribution in [2.45, 2.75) is 39.6 Å². The SMILES string of the molecule is Cc1ccc(-c2nn(CN3CC(C)OC(C)C3)c(=S)o2)cc1. The Balaban J connectivity index is 1.78. The molecule has 2 heterocycles. The van der Waals surface area contributed by atoms with E-state index in [4.69, 9.17) is 21.4 Å². The van der Waals surface area contributed by atoms with Crippen LogP contribution in [-0.2, 0) is 11.4 Å². The van der Waals surface area contributed by atoms with Crippen LogP contribution < -0.4 is 0 Å². The summed E-state index contributed by atoms with van der Waals surface area (Å²) >= 11 is 5.30. The number of aromatic nitrogens is 2. The monoisotopic (exact) mass is 319 g/mol. The third kappa shape index (κ3) is 3.45. The molecule has 3 rings (SSSR count). The van der Waals surface area contributed by atoms with Gasteiger partial charge in [0.05, 0.1) is 18.9 Å². The Morgan fingerprint density at radius 1 is 1.18 bits per heavy atom. The second kappa shape index (κ2) is 6.32. The highest BCUT2D eigenvalue weighted by Crippen LogP contribution is 2.19. The highest BCUT2D eigenvalue weighted by molar-refractivity contribution is 7.71. The molecule has 1 fully saturated rings. The van der Waals surface area contributed by atoms with Crippen molar-refractivity contribution in [1.82, 2.24) is 14.7 Å². The molecule has 0 N–H and O–H groups in total. The molecule has 1 aliphatic heterocycles. The normalized spacial score (nSPS) is 22.9. The smallest absolute Gasteiger partial charge is 0.288 e. The van der Waals surface area contributed by atoms with E-state index in [1.807, 2.05) is 24.3 Å². The molecule has 22 heavy (non-hydrogen) atoms. The first kappa shape index (κ1) is 15.4. The van der Waals surface area contributed by atoms with Crippen molar-refractivity contribution in [2.24, 2.45) is 0 Å². The van der Waals surface area contributed by atoms with E-state index in [9.17, 15) is 0 Å². The number of hydrogen-bond donors (Lipinski definition) is 0. The van der Waals surface area contributed by atoms with Gasteiger partial charge in [-0.25, -0.2) is 4.68 Å². The highest BCUT2D eigenvalue weighted by Gasteiger charge is 2.23. The van der Waals surface area contributed by atoms with Crippen LogP contribution in [0.1, 0.15) is 19.4 Å². The minimum atomic E-state index is 0.224. The minimum Gasteiger partial charge on any atom is -0.409 e. The van der Waals surface area contributed by atoms with Crippen molar-refractivity contribution in [2.75, 3.05) is 13.1 Å². The highest BCUT2D eigenvalue weighted by atomic mass is 32.1. The Kier molecular flexibility index (Phi) is 4.42. The van der Waals surface area contributed by atoms with Gasteiger partial charge in [0.1, 0.15) is 0 Å².